The van der Waals surface area contributed by atoms with E-state index in [1.165, 1.54) is 0 Å². The van der Waals surface area contributed by atoms with E-state index in [1.807, 2.05) is 6.07 Å². The van der Waals surface area contributed by atoms with E-state index in [0.717, 1.165) is 48.7 Å². The van der Waals surface area contributed by atoms with Crippen molar-refractivity contribution in [2.45, 2.75) is 32.2 Å². The van der Waals surface area contributed by atoms with Gasteiger partial charge in [-0.15, -0.1) is 13.2 Å². The molecule has 174 valence electrons. The van der Waals surface area contributed by atoms with Crippen molar-refractivity contribution >= 4 is 16.9 Å². The van der Waals surface area contributed by atoms with Crippen LogP contribution >= 0.6 is 0 Å². The van der Waals surface area contributed by atoms with Crippen LogP contribution in [0.5, 0.6) is 5.75 Å². The molecular formula is C23H20F4N2O4. The fourth-order valence-electron chi connectivity index (χ4n) is 4.13. The molecule has 1 N–H and O–H groups in total. The molecule has 10 heteroatoms. The maximum absolute atomic E-state index is 14.1. The van der Waals surface area contributed by atoms with Gasteiger partial charge in [-0.3, -0.25) is 9.69 Å². The van der Waals surface area contributed by atoms with Crippen molar-refractivity contribution in [2.24, 2.45) is 0 Å². The van der Waals surface area contributed by atoms with E-state index < -0.39 is 40.3 Å². The van der Waals surface area contributed by atoms with Crippen LogP contribution < -0.4 is 10.2 Å². The second-order valence-corrected chi connectivity index (χ2v) is 7.90. The van der Waals surface area contributed by atoms with Crippen LogP contribution in [0.3, 0.4) is 0 Å². The molecule has 0 amide bonds. The largest absolute Gasteiger partial charge is 0.573 e. The fraction of sp³-hybridized carbons (Fsp3) is 0.304. The van der Waals surface area contributed by atoms with Gasteiger partial charge in [0.25, 0.3) is 0 Å². The predicted molar refractivity (Wildman–Crippen MR) is 112 cm³/mol. The number of piperidine rings is 1. The Balaban J connectivity index is 1.92. The number of ether oxygens (including phenoxy) is 1. The molecule has 0 saturated carbocycles. The molecule has 0 aliphatic carbocycles. The van der Waals surface area contributed by atoms with E-state index in [4.69, 9.17) is 0 Å². The summed E-state index contributed by atoms with van der Waals surface area (Å²) in [6.45, 7) is 2.46. The number of benzene rings is 2. The van der Waals surface area contributed by atoms with E-state index in [9.17, 15) is 32.3 Å². The standard InChI is InChI=1S/C23H20F4N2O4/c24-15-10-17-20(19(11-15)33-23(25,26)27)29(13-18(21(17)30)22(31)32)16-6-4-5-14(9-16)12-28-7-2-1-3-8-28/h4-6,9-11,13H,1-3,7-8,12H2,(H,31,32). The molecule has 2 aromatic carbocycles. The molecule has 0 unspecified atom stereocenters. The molecule has 6 nitrogen and oxygen atoms in total. The summed E-state index contributed by atoms with van der Waals surface area (Å²) in [6, 6.07) is 8.03. The minimum absolute atomic E-state index is 0.315. The maximum Gasteiger partial charge on any atom is 0.573 e. The quantitative estimate of drug-likeness (QED) is 0.554. The van der Waals surface area contributed by atoms with Crippen LogP contribution in [0.15, 0.2) is 47.4 Å². The van der Waals surface area contributed by atoms with Crippen molar-refractivity contribution < 1.29 is 32.2 Å². The first-order chi connectivity index (χ1) is 15.6. The number of carboxylic acid groups (broad SMARTS) is 1. The Morgan fingerprint density at radius 1 is 1.09 bits per heavy atom. The number of rotatable bonds is 5. The summed E-state index contributed by atoms with van der Waals surface area (Å²) in [5.41, 5.74) is -1.01. The van der Waals surface area contributed by atoms with Crippen LogP contribution in [0.25, 0.3) is 16.6 Å². The monoisotopic (exact) mass is 464 g/mol. The molecule has 0 bridgehead atoms. The second-order valence-electron chi connectivity index (χ2n) is 7.90. The molecule has 1 fully saturated rings. The third-order valence-electron chi connectivity index (χ3n) is 5.53. The summed E-state index contributed by atoms with van der Waals surface area (Å²) >= 11 is 0. The Morgan fingerprint density at radius 2 is 1.82 bits per heavy atom. The van der Waals surface area contributed by atoms with Crippen molar-refractivity contribution in [2.75, 3.05) is 13.1 Å². The van der Waals surface area contributed by atoms with Gasteiger partial charge in [-0.1, -0.05) is 18.6 Å². The number of hydrogen-bond donors (Lipinski definition) is 1. The van der Waals surface area contributed by atoms with Gasteiger partial charge in [0.2, 0.25) is 5.43 Å². The lowest BCUT2D eigenvalue weighted by molar-refractivity contribution is -0.274. The summed E-state index contributed by atoms with van der Waals surface area (Å²) in [5.74, 6) is -3.68. The van der Waals surface area contributed by atoms with Gasteiger partial charge in [0, 0.05) is 24.5 Å². The van der Waals surface area contributed by atoms with Crippen LogP contribution in [-0.2, 0) is 6.54 Å². The van der Waals surface area contributed by atoms with Gasteiger partial charge < -0.3 is 14.4 Å². The summed E-state index contributed by atoms with van der Waals surface area (Å²) in [6.07, 6.45) is -0.890. The number of likely N-dealkylation sites (tertiary alicyclic amines) is 1. The summed E-state index contributed by atoms with van der Waals surface area (Å²) in [5, 5.41) is 8.94. The molecule has 33 heavy (non-hydrogen) atoms. The van der Waals surface area contributed by atoms with Crippen molar-refractivity contribution in [3.63, 3.8) is 0 Å². The van der Waals surface area contributed by atoms with Crippen molar-refractivity contribution in [3.8, 4) is 11.4 Å². The lowest BCUT2D eigenvalue weighted by atomic mass is 10.1. The first-order valence-corrected chi connectivity index (χ1v) is 10.3. The van der Waals surface area contributed by atoms with Crippen LogP contribution in [0.1, 0.15) is 35.2 Å². The van der Waals surface area contributed by atoms with Crippen LogP contribution in [0.4, 0.5) is 17.6 Å². The SMILES string of the molecule is O=C(O)c1cn(-c2cccc(CN3CCCCC3)c2)c2c(OC(F)(F)F)cc(F)cc2c1=O. The highest BCUT2D eigenvalue weighted by Crippen LogP contribution is 2.33. The lowest BCUT2D eigenvalue weighted by Crippen LogP contribution is -2.29. The van der Waals surface area contributed by atoms with E-state index in [1.54, 1.807) is 18.2 Å². The van der Waals surface area contributed by atoms with E-state index in [2.05, 4.69) is 9.64 Å². The number of fused-ring (bicyclic) bond motifs is 1. The Hall–Kier alpha value is -3.40. The molecule has 2 heterocycles. The number of carboxylic acids is 1. The van der Waals surface area contributed by atoms with Gasteiger partial charge in [-0.2, -0.15) is 0 Å². The zero-order valence-corrected chi connectivity index (χ0v) is 17.4. The van der Waals surface area contributed by atoms with Gasteiger partial charge >= 0.3 is 12.3 Å². The first-order valence-electron chi connectivity index (χ1n) is 10.3. The molecule has 0 radical (unpaired) electrons. The number of halogens is 4. The molecule has 1 aliphatic rings. The summed E-state index contributed by atoms with van der Waals surface area (Å²) < 4.78 is 58.3. The molecule has 1 saturated heterocycles. The maximum atomic E-state index is 14.1. The minimum atomic E-state index is -5.15. The predicted octanol–water partition coefficient (Wildman–Crippen LogP) is 4.71. The molecule has 0 spiro atoms. The summed E-state index contributed by atoms with van der Waals surface area (Å²) in [4.78, 5) is 26.6. The lowest BCUT2D eigenvalue weighted by Gasteiger charge is -2.26. The van der Waals surface area contributed by atoms with E-state index in [0.29, 0.717) is 24.4 Å². The van der Waals surface area contributed by atoms with Crippen molar-refractivity contribution in [3.05, 3.63) is 69.8 Å². The minimum Gasteiger partial charge on any atom is -0.477 e. The highest BCUT2D eigenvalue weighted by Gasteiger charge is 2.33. The average molecular weight is 464 g/mol. The van der Waals surface area contributed by atoms with Gasteiger partial charge in [-0.05, 0) is 49.7 Å². The van der Waals surface area contributed by atoms with Crippen LogP contribution in [-0.4, -0.2) is 40.0 Å². The Morgan fingerprint density at radius 3 is 2.48 bits per heavy atom. The van der Waals surface area contributed by atoms with Crippen LogP contribution in [0.2, 0.25) is 0 Å². The normalized spacial score (nSPS) is 15.0. The molecule has 3 aromatic rings. The average Bonchev–Trinajstić information content (AvgIpc) is 2.74. The van der Waals surface area contributed by atoms with Crippen molar-refractivity contribution in [1.29, 1.82) is 0 Å². The molecule has 0 atom stereocenters. The van der Waals surface area contributed by atoms with Gasteiger partial charge in [0.15, 0.2) is 5.75 Å². The molecular weight excluding hydrogens is 444 g/mol. The molecule has 1 aliphatic heterocycles. The second kappa shape index (κ2) is 8.86. The van der Waals surface area contributed by atoms with Crippen molar-refractivity contribution in [1.82, 2.24) is 9.47 Å². The number of aromatic nitrogens is 1. The van der Waals surface area contributed by atoms with Gasteiger partial charge in [0.05, 0.1) is 10.9 Å². The van der Waals surface area contributed by atoms with E-state index >= 15 is 0 Å². The Labute approximate surface area is 185 Å². The third-order valence-corrected chi connectivity index (χ3v) is 5.53. The van der Waals surface area contributed by atoms with E-state index in [-0.39, 0.29) is 5.52 Å². The number of aromatic carboxylic acids is 1. The van der Waals surface area contributed by atoms with Crippen LogP contribution in [0, 0.1) is 5.82 Å². The molecule has 1 aromatic heterocycles. The zero-order valence-electron chi connectivity index (χ0n) is 17.4. The highest BCUT2D eigenvalue weighted by atomic mass is 19.4. The highest BCUT2D eigenvalue weighted by molar-refractivity contribution is 5.95. The zero-order chi connectivity index (χ0) is 23.8. The third kappa shape index (κ3) is 5.00. The summed E-state index contributed by atoms with van der Waals surface area (Å²) in [7, 11) is 0. The van der Waals surface area contributed by atoms with Gasteiger partial charge in [0.1, 0.15) is 11.4 Å². The topological polar surface area (TPSA) is 71.8 Å². The number of carbonyl (C=O) groups is 1. The number of alkyl halides is 3. The first kappa shape index (κ1) is 22.8. The number of pyridine rings is 1. The van der Waals surface area contributed by atoms with Gasteiger partial charge in [-0.25, -0.2) is 9.18 Å². The fourth-order valence-corrected chi connectivity index (χ4v) is 4.13. The smallest absolute Gasteiger partial charge is 0.477 e. The number of nitrogens with zero attached hydrogens (tertiary/aromatic N) is 2. The Bertz CT molecular complexity index is 1260. The number of hydrogen-bond acceptors (Lipinski definition) is 4. The Kier molecular flexibility index (Phi) is 6.11. The molecule has 4 rings (SSSR count).